The minimum Gasteiger partial charge on any atom is -0.456 e. The number of ether oxygens (including phenoxy) is 2. The van der Waals surface area contributed by atoms with Gasteiger partial charge in [-0.1, -0.05) is 59.3 Å². The lowest BCUT2D eigenvalue weighted by Crippen LogP contribution is -2.59. The number of anilines is 1. The summed E-state index contributed by atoms with van der Waals surface area (Å²) in [7, 11) is 1.44. The van der Waals surface area contributed by atoms with Crippen LogP contribution in [-0.2, 0) is 49.5 Å². The number of rotatable bonds is 5. The summed E-state index contributed by atoms with van der Waals surface area (Å²) in [6.45, 7) is 16.6. The third kappa shape index (κ3) is 11.6. The van der Waals surface area contributed by atoms with Crippen LogP contribution in [0.2, 0.25) is 0 Å². The molecule has 61 heavy (non-hydrogen) atoms. The number of nitrogens with one attached hydrogen (secondary N) is 3. The summed E-state index contributed by atoms with van der Waals surface area (Å²) < 4.78 is 12.5. The number of aliphatic hydroxyl groups excluding tert-OH is 1. The first-order valence-corrected chi connectivity index (χ1v) is 21.9. The van der Waals surface area contributed by atoms with E-state index in [0.717, 1.165) is 15.6 Å². The van der Waals surface area contributed by atoms with Crippen LogP contribution in [0.25, 0.3) is 10.1 Å². The summed E-state index contributed by atoms with van der Waals surface area (Å²) in [6, 6.07) is 0.946. The van der Waals surface area contributed by atoms with Crippen molar-refractivity contribution >= 4 is 68.6 Å². The summed E-state index contributed by atoms with van der Waals surface area (Å²) in [5, 5.41) is 22.2. The molecule has 1 aromatic carbocycles. The molecule has 16 heteroatoms. The zero-order chi connectivity index (χ0) is 45.5. The van der Waals surface area contributed by atoms with Gasteiger partial charge in [-0.3, -0.25) is 28.9 Å². The Morgan fingerprint density at radius 2 is 1.64 bits per heavy atom. The number of carbonyl (C=O) groups excluding carboxylic acids is 7. The average Bonchev–Trinajstić information content (AvgIpc) is 3.64. The third-order valence-electron chi connectivity index (χ3n) is 11.6. The van der Waals surface area contributed by atoms with Crippen molar-refractivity contribution in [1.29, 1.82) is 0 Å². The molecule has 9 atom stereocenters. The van der Waals surface area contributed by atoms with E-state index in [0.29, 0.717) is 17.7 Å². The van der Waals surface area contributed by atoms with Crippen molar-refractivity contribution in [2.45, 2.75) is 137 Å². The van der Waals surface area contributed by atoms with E-state index < -0.39 is 96.4 Å². The number of thiophene rings is 1. The van der Waals surface area contributed by atoms with Gasteiger partial charge in [-0.15, -0.1) is 11.3 Å². The number of hydrogen-bond donors (Lipinski definition) is 4. The molecule has 5 amide bonds. The molecule has 334 valence electrons. The first kappa shape index (κ1) is 48.6. The van der Waals surface area contributed by atoms with Gasteiger partial charge in [0.25, 0.3) is 5.91 Å². The molecule has 0 saturated heterocycles. The number of likely N-dealkylation sites (N-methyl/N-ethyl adjacent to an activating group) is 1. The minimum absolute atomic E-state index is 0.0220. The lowest BCUT2D eigenvalue weighted by atomic mass is 9.90. The number of hydrogen-bond acceptors (Lipinski definition) is 11. The molecule has 2 aliphatic rings. The SMILES string of the molecule is C/C=C(\C)[C@H]1OC(=O)[C@@H](C)NC(=O)[C@H](C(C)CC)NC(=O)CN(C)C(=O)[C@H]2Cc3csc4cccc(c34)N2C(=O)[C@H](C)NC(=O)[C@@H](CC(C)C)OC(=O)/C(C)=C/C[C@H](O)[C@@H]1C. The van der Waals surface area contributed by atoms with Gasteiger partial charge in [0.05, 0.1) is 18.3 Å². The van der Waals surface area contributed by atoms with Crippen LogP contribution in [0.4, 0.5) is 5.69 Å². The van der Waals surface area contributed by atoms with Crippen LogP contribution >= 0.6 is 11.3 Å². The second-order valence-corrected chi connectivity index (χ2v) is 17.8. The van der Waals surface area contributed by atoms with Gasteiger partial charge in [0, 0.05) is 35.0 Å². The van der Waals surface area contributed by atoms with E-state index in [1.54, 1.807) is 45.9 Å². The minimum atomic E-state index is -1.27. The van der Waals surface area contributed by atoms with Gasteiger partial charge < -0.3 is 35.4 Å². The number of allylic oxidation sites excluding steroid dienone is 1. The molecule has 0 fully saturated rings. The monoisotopic (exact) mass is 865 g/mol. The lowest BCUT2D eigenvalue weighted by Gasteiger charge is -2.38. The zero-order valence-corrected chi connectivity index (χ0v) is 38.0. The Bertz CT molecular complexity index is 2040. The Morgan fingerprint density at radius 3 is 2.28 bits per heavy atom. The molecule has 0 saturated carbocycles. The van der Waals surface area contributed by atoms with Gasteiger partial charge in [-0.25, -0.2) is 9.59 Å². The van der Waals surface area contributed by atoms with Crippen LogP contribution < -0.4 is 20.9 Å². The Kier molecular flexibility index (Phi) is 16.8. The van der Waals surface area contributed by atoms with Gasteiger partial charge in [0.15, 0.2) is 6.10 Å². The second-order valence-electron chi connectivity index (χ2n) is 16.9. The predicted molar refractivity (Wildman–Crippen MR) is 233 cm³/mol. The van der Waals surface area contributed by atoms with E-state index in [-0.39, 0.29) is 36.7 Å². The van der Waals surface area contributed by atoms with Crippen molar-refractivity contribution in [2.75, 3.05) is 18.5 Å². The Hall–Kier alpha value is -5.09. The quantitative estimate of drug-likeness (QED) is 0.248. The standard InChI is InChI=1S/C45H63N5O10S/c1-12-24(5)38-41(54)47-29(10)45(58)60-39(25(6)13-2)27(8)33(51)18-17-26(7)44(57)59-34(19-23(3)4)40(53)46-28(9)42(55)50-31-15-14-16-35-37(31)30(22-61-35)20-32(50)43(56)49(11)21-36(52)48-38/h13-17,22-24,27-29,32-34,38-39,51H,12,18-21H2,1-11H3,(H,46,53)(H,47,54)(H,48,52)/b25-13+,26-17+/t24?,27-,28-,29+,32+,33-,34+,38-,39+/m0/s1. The second kappa shape index (κ2) is 21.1. The van der Waals surface area contributed by atoms with E-state index in [4.69, 9.17) is 9.47 Å². The Morgan fingerprint density at radius 1 is 0.967 bits per heavy atom. The van der Waals surface area contributed by atoms with E-state index in [9.17, 15) is 38.7 Å². The summed E-state index contributed by atoms with van der Waals surface area (Å²) in [5.41, 5.74) is 2.11. The van der Waals surface area contributed by atoms with E-state index >= 15 is 0 Å². The van der Waals surface area contributed by atoms with Gasteiger partial charge >= 0.3 is 11.9 Å². The maximum Gasteiger partial charge on any atom is 0.334 e. The van der Waals surface area contributed by atoms with Gasteiger partial charge in [0.1, 0.15) is 30.3 Å². The van der Waals surface area contributed by atoms with Crippen molar-refractivity contribution in [1.82, 2.24) is 20.9 Å². The third-order valence-corrected chi connectivity index (χ3v) is 12.6. The van der Waals surface area contributed by atoms with Crippen molar-refractivity contribution in [2.24, 2.45) is 17.8 Å². The van der Waals surface area contributed by atoms with Crippen LogP contribution in [0.3, 0.4) is 0 Å². The molecule has 2 aliphatic heterocycles. The number of benzene rings is 1. The van der Waals surface area contributed by atoms with Crippen LogP contribution in [0, 0.1) is 17.8 Å². The summed E-state index contributed by atoms with van der Waals surface area (Å²) in [4.78, 5) is 99.6. The molecule has 0 aliphatic carbocycles. The van der Waals surface area contributed by atoms with Crippen molar-refractivity contribution < 1.29 is 48.1 Å². The lowest BCUT2D eigenvalue weighted by molar-refractivity contribution is -0.154. The van der Waals surface area contributed by atoms with Gasteiger partial charge in [0.2, 0.25) is 23.6 Å². The van der Waals surface area contributed by atoms with Crippen molar-refractivity contribution in [3.05, 3.63) is 52.4 Å². The van der Waals surface area contributed by atoms with Crippen molar-refractivity contribution in [3.8, 4) is 0 Å². The van der Waals surface area contributed by atoms with Crippen LogP contribution in [-0.4, -0.2) is 108 Å². The molecule has 1 unspecified atom stereocenters. The fourth-order valence-electron chi connectivity index (χ4n) is 7.49. The average molecular weight is 866 g/mol. The topological polar surface area (TPSA) is 201 Å². The molecule has 1 aromatic heterocycles. The normalized spacial score (nSPS) is 28.9. The Labute approximate surface area is 362 Å². The molecule has 4 N–H and O–H groups in total. The van der Waals surface area contributed by atoms with E-state index in [2.05, 4.69) is 16.0 Å². The van der Waals surface area contributed by atoms with E-state index in [1.165, 1.54) is 55.0 Å². The predicted octanol–water partition coefficient (Wildman–Crippen LogP) is 4.34. The highest BCUT2D eigenvalue weighted by Crippen LogP contribution is 2.41. The number of aliphatic hydroxyl groups is 1. The smallest absolute Gasteiger partial charge is 0.334 e. The number of fused-ring (bicyclic) bond motifs is 2. The fraction of sp³-hybridized carbons (Fsp3) is 0.578. The van der Waals surface area contributed by atoms with Crippen LogP contribution in [0.5, 0.6) is 0 Å². The maximum absolute atomic E-state index is 14.5. The number of cyclic esters (lactones) is 2. The van der Waals surface area contributed by atoms with Crippen molar-refractivity contribution in [3.63, 3.8) is 0 Å². The highest BCUT2D eigenvalue weighted by Gasteiger charge is 2.41. The molecule has 3 heterocycles. The molecular weight excluding hydrogens is 803 g/mol. The van der Waals surface area contributed by atoms with Gasteiger partial charge in [-0.2, -0.15) is 0 Å². The van der Waals surface area contributed by atoms with Crippen LogP contribution in [0.1, 0.15) is 94.1 Å². The number of carbonyl (C=O) groups is 7. The molecule has 0 spiro atoms. The Balaban J connectivity index is 1.75. The molecule has 4 rings (SSSR count). The summed E-state index contributed by atoms with van der Waals surface area (Å²) in [6.07, 6.45) is 0.738. The summed E-state index contributed by atoms with van der Waals surface area (Å²) in [5.74, 6) is -5.77. The molecular formula is C45H63N5O10S. The van der Waals surface area contributed by atoms with E-state index in [1.807, 2.05) is 32.2 Å². The zero-order valence-electron chi connectivity index (χ0n) is 37.2. The first-order chi connectivity index (χ1) is 28.7. The number of esters is 2. The maximum atomic E-state index is 14.5. The van der Waals surface area contributed by atoms with Gasteiger partial charge in [-0.05, 0) is 87.9 Å². The van der Waals surface area contributed by atoms with Crippen LogP contribution in [0.15, 0.2) is 46.9 Å². The molecule has 0 radical (unpaired) electrons. The fourth-order valence-corrected chi connectivity index (χ4v) is 8.49. The number of amides is 5. The first-order valence-electron chi connectivity index (χ1n) is 21.1. The molecule has 2 aromatic rings. The highest BCUT2D eigenvalue weighted by atomic mass is 32.1. The molecule has 15 nitrogen and oxygen atoms in total. The highest BCUT2D eigenvalue weighted by molar-refractivity contribution is 7.17. The largest absolute Gasteiger partial charge is 0.456 e. The number of nitrogens with zero attached hydrogens (tertiary/aromatic N) is 2. The summed E-state index contributed by atoms with van der Waals surface area (Å²) >= 11 is 1.47. The molecule has 0 bridgehead atoms.